The standard InChI is InChI=1S/C10H6F2N2O2/c11-7-2-1-6(3-8(7)12)16-10-4-9(15)13-5-14-10/h1-5H,(H,13,14,15). The first-order chi connectivity index (χ1) is 7.65. The second-order valence-corrected chi connectivity index (χ2v) is 2.93. The van der Waals surface area contributed by atoms with Crippen molar-refractivity contribution >= 4 is 0 Å². The summed E-state index contributed by atoms with van der Waals surface area (Å²) in [5.74, 6) is -1.92. The van der Waals surface area contributed by atoms with Gasteiger partial charge in [0.15, 0.2) is 11.6 Å². The van der Waals surface area contributed by atoms with Crippen LogP contribution < -0.4 is 10.3 Å². The molecule has 6 heteroatoms. The maximum atomic E-state index is 12.8. The van der Waals surface area contributed by atoms with E-state index in [0.29, 0.717) is 0 Å². The lowest BCUT2D eigenvalue weighted by molar-refractivity contribution is 0.446. The highest BCUT2D eigenvalue weighted by atomic mass is 19.2. The van der Waals surface area contributed by atoms with Gasteiger partial charge in [0.25, 0.3) is 5.56 Å². The minimum absolute atomic E-state index is 0.00904. The van der Waals surface area contributed by atoms with Gasteiger partial charge in [-0.1, -0.05) is 0 Å². The van der Waals surface area contributed by atoms with E-state index in [1.54, 1.807) is 0 Å². The van der Waals surface area contributed by atoms with E-state index in [-0.39, 0.29) is 11.6 Å². The SMILES string of the molecule is O=c1cc(Oc2ccc(F)c(F)c2)nc[nH]1. The predicted molar refractivity (Wildman–Crippen MR) is 51.3 cm³/mol. The number of H-pyrrole nitrogens is 1. The first-order valence-corrected chi connectivity index (χ1v) is 4.33. The summed E-state index contributed by atoms with van der Waals surface area (Å²) >= 11 is 0. The van der Waals surface area contributed by atoms with Gasteiger partial charge in [-0.3, -0.25) is 4.79 Å². The molecular formula is C10H6F2N2O2. The maximum Gasteiger partial charge on any atom is 0.254 e. The molecule has 0 fully saturated rings. The zero-order chi connectivity index (χ0) is 11.5. The molecule has 0 aliphatic heterocycles. The summed E-state index contributed by atoms with van der Waals surface area (Å²) in [6.07, 6.45) is 1.15. The molecular weight excluding hydrogens is 218 g/mol. The Morgan fingerprint density at radius 3 is 2.69 bits per heavy atom. The Morgan fingerprint density at radius 2 is 2.00 bits per heavy atom. The lowest BCUT2D eigenvalue weighted by Crippen LogP contribution is -2.04. The maximum absolute atomic E-state index is 12.8. The smallest absolute Gasteiger partial charge is 0.254 e. The van der Waals surface area contributed by atoms with Crippen molar-refractivity contribution in [3.63, 3.8) is 0 Å². The van der Waals surface area contributed by atoms with Gasteiger partial charge in [-0.15, -0.1) is 0 Å². The van der Waals surface area contributed by atoms with Gasteiger partial charge < -0.3 is 9.72 Å². The molecule has 82 valence electrons. The molecule has 0 aliphatic rings. The van der Waals surface area contributed by atoms with Crippen LogP contribution >= 0.6 is 0 Å². The summed E-state index contributed by atoms with van der Waals surface area (Å²) < 4.78 is 30.5. The van der Waals surface area contributed by atoms with Crippen molar-refractivity contribution in [1.82, 2.24) is 9.97 Å². The van der Waals surface area contributed by atoms with Crippen LogP contribution in [0.3, 0.4) is 0 Å². The molecule has 0 bridgehead atoms. The number of nitrogens with one attached hydrogen (secondary N) is 1. The van der Waals surface area contributed by atoms with E-state index in [1.807, 2.05) is 0 Å². The summed E-state index contributed by atoms with van der Waals surface area (Å²) in [6, 6.07) is 4.14. The average Bonchev–Trinajstić information content (AvgIpc) is 2.24. The number of aromatic nitrogens is 2. The van der Waals surface area contributed by atoms with Crippen LogP contribution in [0, 0.1) is 11.6 Å². The van der Waals surface area contributed by atoms with Crippen molar-refractivity contribution in [1.29, 1.82) is 0 Å². The molecule has 2 aromatic rings. The third-order valence-corrected chi connectivity index (χ3v) is 1.77. The van der Waals surface area contributed by atoms with Crippen molar-refractivity contribution in [2.24, 2.45) is 0 Å². The van der Waals surface area contributed by atoms with Gasteiger partial charge >= 0.3 is 0 Å². The van der Waals surface area contributed by atoms with Gasteiger partial charge in [-0.25, -0.2) is 13.8 Å². The van der Waals surface area contributed by atoms with E-state index in [1.165, 1.54) is 6.07 Å². The zero-order valence-corrected chi connectivity index (χ0v) is 7.91. The van der Waals surface area contributed by atoms with Crippen LogP contribution in [0.25, 0.3) is 0 Å². The molecule has 0 aliphatic carbocycles. The average molecular weight is 224 g/mol. The quantitative estimate of drug-likeness (QED) is 0.846. The molecule has 0 saturated carbocycles. The van der Waals surface area contributed by atoms with Gasteiger partial charge in [0, 0.05) is 6.07 Å². The topological polar surface area (TPSA) is 55.0 Å². The van der Waals surface area contributed by atoms with E-state index >= 15 is 0 Å². The Morgan fingerprint density at radius 1 is 1.19 bits per heavy atom. The minimum atomic E-state index is -1.03. The second kappa shape index (κ2) is 4.09. The fourth-order valence-corrected chi connectivity index (χ4v) is 1.07. The summed E-state index contributed by atoms with van der Waals surface area (Å²) in [7, 11) is 0. The molecule has 0 amide bonds. The Bertz CT molecular complexity index is 569. The number of nitrogens with zero attached hydrogens (tertiary/aromatic N) is 1. The van der Waals surface area contributed by atoms with Crippen molar-refractivity contribution in [3.8, 4) is 11.6 Å². The van der Waals surface area contributed by atoms with Crippen molar-refractivity contribution in [2.75, 3.05) is 0 Å². The second-order valence-electron chi connectivity index (χ2n) is 2.93. The van der Waals surface area contributed by atoms with Gasteiger partial charge in [0.05, 0.1) is 12.4 Å². The summed E-state index contributed by atoms with van der Waals surface area (Å²) in [5.41, 5.74) is -0.396. The molecule has 4 nitrogen and oxygen atoms in total. The number of rotatable bonds is 2. The fraction of sp³-hybridized carbons (Fsp3) is 0. The van der Waals surface area contributed by atoms with Crippen molar-refractivity contribution in [3.05, 3.63) is 52.6 Å². The van der Waals surface area contributed by atoms with Crippen LogP contribution in [-0.2, 0) is 0 Å². The Labute approximate surface area is 88.5 Å². The lowest BCUT2D eigenvalue weighted by Gasteiger charge is -2.03. The monoisotopic (exact) mass is 224 g/mol. The predicted octanol–water partition coefficient (Wildman–Crippen LogP) is 1.84. The Balaban J connectivity index is 2.27. The molecule has 0 unspecified atom stereocenters. The van der Waals surface area contributed by atoms with Crippen molar-refractivity contribution in [2.45, 2.75) is 0 Å². The van der Waals surface area contributed by atoms with Crippen LogP contribution in [-0.4, -0.2) is 9.97 Å². The molecule has 0 atom stereocenters. The zero-order valence-electron chi connectivity index (χ0n) is 7.91. The fourth-order valence-electron chi connectivity index (χ4n) is 1.07. The van der Waals surface area contributed by atoms with Crippen LogP contribution in [0.4, 0.5) is 8.78 Å². The van der Waals surface area contributed by atoms with Gasteiger partial charge in [-0.2, -0.15) is 0 Å². The van der Waals surface area contributed by atoms with Gasteiger partial charge in [0.1, 0.15) is 5.75 Å². The first kappa shape index (κ1) is 10.3. The number of hydrogen-bond acceptors (Lipinski definition) is 3. The van der Waals surface area contributed by atoms with E-state index < -0.39 is 17.2 Å². The van der Waals surface area contributed by atoms with E-state index in [0.717, 1.165) is 24.5 Å². The lowest BCUT2D eigenvalue weighted by atomic mass is 10.3. The molecule has 0 spiro atoms. The summed E-state index contributed by atoms with van der Waals surface area (Å²) in [4.78, 5) is 16.9. The van der Waals surface area contributed by atoms with Crippen LogP contribution in [0.1, 0.15) is 0 Å². The summed E-state index contributed by atoms with van der Waals surface area (Å²) in [6.45, 7) is 0. The number of benzene rings is 1. The number of aromatic amines is 1. The molecule has 0 radical (unpaired) electrons. The molecule has 0 saturated heterocycles. The Hall–Kier alpha value is -2.24. The van der Waals surface area contributed by atoms with Gasteiger partial charge in [0.2, 0.25) is 5.88 Å². The van der Waals surface area contributed by atoms with Crippen LogP contribution in [0.15, 0.2) is 35.4 Å². The normalized spacial score (nSPS) is 10.1. The third kappa shape index (κ3) is 2.22. The number of halogens is 2. The first-order valence-electron chi connectivity index (χ1n) is 4.33. The summed E-state index contributed by atoms with van der Waals surface area (Å²) in [5, 5.41) is 0. The van der Waals surface area contributed by atoms with Gasteiger partial charge in [-0.05, 0) is 12.1 Å². The molecule has 1 heterocycles. The van der Waals surface area contributed by atoms with Crippen molar-refractivity contribution < 1.29 is 13.5 Å². The minimum Gasteiger partial charge on any atom is -0.439 e. The van der Waals surface area contributed by atoms with Crippen LogP contribution in [0.2, 0.25) is 0 Å². The largest absolute Gasteiger partial charge is 0.439 e. The number of ether oxygens (including phenoxy) is 1. The Kier molecular flexibility index (Phi) is 2.63. The highest BCUT2D eigenvalue weighted by molar-refractivity contribution is 5.27. The third-order valence-electron chi connectivity index (χ3n) is 1.77. The highest BCUT2D eigenvalue weighted by Crippen LogP contribution is 2.20. The van der Waals surface area contributed by atoms with E-state index in [4.69, 9.17) is 4.74 Å². The van der Waals surface area contributed by atoms with E-state index in [2.05, 4.69) is 9.97 Å². The van der Waals surface area contributed by atoms with E-state index in [9.17, 15) is 13.6 Å². The number of hydrogen-bond donors (Lipinski definition) is 1. The molecule has 16 heavy (non-hydrogen) atoms. The molecule has 1 N–H and O–H groups in total. The molecule has 2 rings (SSSR count). The highest BCUT2D eigenvalue weighted by Gasteiger charge is 2.04. The molecule has 1 aromatic carbocycles. The van der Waals surface area contributed by atoms with Crippen LogP contribution in [0.5, 0.6) is 11.6 Å². The molecule has 1 aromatic heterocycles.